The summed E-state index contributed by atoms with van der Waals surface area (Å²) in [5.41, 5.74) is 4.15. The molecule has 19 heavy (non-hydrogen) atoms. The fourth-order valence-electron chi connectivity index (χ4n) is 2.13. The van der Waals surface area contributed by atoms with Crippen LogP contribution in [0.1, 0.15) is 28.5 Å². The van der Waals surface area contributed by atoms with Crippen molar-refractivity contribution in [1.29, 1.82) is 0 Å². The van der Waals surface area contributed by atoms with Crippen LogP contribution in [0.5, 0.6) is 0 Å². The molecule has 0 aliphatic carbocycles. The van der Waals surface area contributed by atoms with Crippen molar-refractivity contribution in [3.05, 3.63) is 53.3 Å². The largest absolute Gasteiger partial charge is 0.462 e. The number of aromatic nitrogens is 1. The normalized spacial score (nSPS) is 10.3. The summed E-state index contributed by atoms with van der Waals surface area (Å²) in [5.74, 6) is -0.310. The van der Waals surface area contributed by atoms with Crippen molar-refractivity contribution in [3.8, 4) is 11.1 Å². The van der Waals surface area contributed by atoms with Crippen molar-refractivity contribution < 1.29 is 9.53 Å². The monoisotopic (exact) mass is 255 g/mol. The molecule has 1 aromatic carbocycles. The Hall–Kier alpha value is -2.16. The van der Waals surface area contributed by atoms with E-state index >= 15 is 0 Å². The molecule has 3 nitrogen and oxygen atoms in total. The van der Waals surface area contributed by atoms with Crippen LogP contribution in [0.3, 0.4) is 0 Å². The van der Waals surface area contributed by atoms with E-state index in [0.29, 0.717) is 17.9 Å². The summed E-state index contributed by atoms with van der Waals surface area (Å²) >= 11 is 0. The smallest absolute Gasteiger partial charge is 0.340 e. The first-order valence-corrected chi connectivity index (χ1v) is 6.34. The molecule has 2 rings (SSSR count). The number of carbonyl (C=O) groups is 1. The van der Waals surface area contributed by atoms with Crippen LogP contribution < -0.4 is 0 Å². The quantitative estimate of drug-likeness (QED) is 0.787. The third-order valence-electron chi connectivity index (χ3n) is 3.00. The fourth-order valence-corrected chi connectivity index (χ4v) is 2.13. The molecule has 0 fully saturated rings. The lowest BCUT2D eigenvalue weighted by molar-refractivity contribution is 0.0526. The van der Waals surface area contributed by atoms with Crippen molar-refractivity contribution >= 4 is 5.97 Å². The third kappa shape index (κ3) is 2.65. The molecule has 0 radical (unpaired) electrons. The molecule has 0 spiro atoms. The molecule has 0 N–H and O–H groups in total. The van der Waals surface area contributed by atoms with Gasteiger partial charge in [0.25, 0.3) is 0 Å². The highest BCUT2D eigenvalue weighted by Crippen LogP contribution is 2.29. The predicted octanol–water partition coefficient (Wildman–Crippen LogP) is 3.54. The van der Waals surface area contributed by atoms with E-state index in [4.69, 9.17) is 4.74 Å². The van der Waals surface area contributed by atoms with Crippen LogP contribution in [-0.4, -0.2) is 17.6 Å². The van der Waals surface area contributed by atoms with Gasteiger partial charge in [-0.25, -0.2) is 4.79 Å². The zero-order valence-electron chi connectivity index (χ0n) is 11.4. The van der Waals surface area contributed by atoms with Gasteiger partial charge in [-0.15, -0.1) is 0 Å². The van der Waals surface area contributed by atoms with Crippen molar-refractivity contribution in [1.82, 2.24) is 4.98 Å². The van der Waals surface area contributed by atoms with Gasteiger partial charge in [0.05, 0.1) is 17.9 Å². The number of rotatable bonds is 3. The standard InChI is InChI=1S/C16H17NO2/c1-4-19-16(18)15-12(3)17-10-11(2)14(15)13-8-6-5-7-9-13/h5-10H,4H2,1-3H3. The van der Waals surface area contributed by atoms with Gasteiger partial charge in [0.15, 0.2) is 0 Å². The molecular weight excluding hydrogens is 238 g/mol. The SMILES string of the molecule is CCOC(=O)c1c(C)ncc(C)c1-c1ccccc1. The van der Waals surface area contributed by atoms with Crippen molar-refractivity contribution in [2.24, 2.45) is 0 Å². The number of nitrogens with zero attached hydrogens (tertiary/aromatic N) is 1. The summed E-state index contributed by atoms with van der Waals surface area (Å²) in [5, 5.41) is 0. The Kier molecular flexibility index (Phi) is 3.95. The number of benzene rings is 1. The van der Waals surface area contributed by atoms with Gasteiger partial charge >= 0.3 is 5.97 Å². The van der Waals surface area contributed by atoms with Crippen LogP contribution in [0.4, 0.5) is 0 Å². The highest BCUT2D eigenvalue weighted by atomic mass is 16.5. The van der Waals surface area contributed by atoms with Crippen LogP contribution in [0.2, 0.25) is 0 Å². The molecule has 0 saturated carbocycles. The average molecular weight is 255 g/mol. The minimum atomic E-state index is -0.310. The van der Waals surface area contributed by atoms with Gasteiger partial charge in [-0.2, -0.15) is 0 Å². The van der Waals surface area contributed by atoms with E-state index in [-0.39, 0.29) is 5.97 Å². The number of hydrogen-bond acceptors (Lipinski definition) is 3. The highest BCUT2D eigenvalue weighted by molar-refractivity contribution is 5.99. The molecule has 1 aromatic heterocycles. The van der Waals surface area contributed by atoms with Gasteiger partial charge in [0.1, 0.15) is 0 Å². The number of pyridine rings is 1. The van der Waals surface area contributed by atoms with E-state index in [2.05, 4.69) is 4.98 Å². The van der Waals surface area contributed by atoms with Crippen molar-refractivity contribution in [2.75, 3.05) is 6.61 Å². The van der Waals surface area contributed by atoms with Crippen molar-refractivity contribution in [2.45, 2.75) is 20.8 Å². The van der Waals surface area contributed by atoms with Gasteiger partial charge in [0, 0.05) is 11.8 Å². The Labute approximate surface area is 113 Å². The zero-order chi connectivity index (χ0) is 13.8. The third-order valence-corrected chi connectivity index (χ3v) is 3.00. The molecule has 0 unspecified atom stereocenters. The molecule has 0 amide bonds. The molecule has 1 heterocycles. The summed E-state index contributed by atoms with van der Waals surface area (Å²) in [7, 11) is 0. The fraction of sp³-hybridized carbons (Fsp3) is 0.250. The Bertz CT molecular complexity index is 591. The number of hydrogen-bond donors (Lipinski definition) is 0. The van der Waals surface area contributed by atoms with E-state index in [0.717, 1.165) is 16.7 Å². The van der Waals surface area contributed by atoms with Crippen LogP contribution in [0.15, 0.2) is 36.5 Å². The molecule has 98 valence electrons. The summed E-state index contributed by atoms with van der Waals surface area (Å²) in [6.45, 7) is 5.95. The second-order valence-corrected chi connectivity index (χ2v) is 4.36. The van der Waals surface area contributed by atoms with Crippen LogP contribution in [0.25, 0.3) is 11.1 Å². The Balaban J connectivity index is 2.65. The Morgan fingerprint density at radius 3 is 2.53 bits per heavy atom. The van der Waals surface area contributed by atoms with Gasteiger partial charge in [-0.3, -0.25) is 4.98 Å². The number of aryl methyl sites for hydroxylation is 2. The van der Waals surface area contributed by atoms with Crippen LogP contribution in [-0.2, 0) is 4.74 Å². The Morgan fingerprint density at radius 1 is 1.21 bits per heavy atom. The lowest BCUT2D eigenvalue weighted by Gasteiger charge is -2.14. The molecule has 3 heteroatoms. The van der Waals surface area contributed by atoms with E-state index < -0.39 is 0 Å². The van der Waals surface area contributed by atoms with Gasteiger partial charge in [-0.05, 0) is 31.9 Å². The second kappa shape index (κ2) is 5.65. The summed E-state index contributed by atoms with van der Waals surface area (Å²) in [6.07, 6.45) is 1.79. The van der Waals surface area contributed by atoms with Gasteiger partial charge in [0.2, 0.25) is 0 Å². The molecule has 0 aliphatic heterocycles. The first kappa shape index (κ1) is 13.3. The highest BCUT2D eigenvalue weighted by Gasteiger charge is 2.19. The first-order valence-electron chi connectivity index (χ1n) is 6.34. The first-order chi connectivity index (χ1) is 9.15. The van der Waals surface area contributed by atoms with E-state index in [1.54, 1.807) is 13.1 Å². The summed E-state index contributed by atoms with van der Waals surface area (Å²) < 4.78 is 5.15. The summed E-state index contributed by atoms with van der Waals surface area (Å²) in [6, 6.07) is 9.85. The zero-order valence-corrected chi connectivity index (χ0v) is 11.4. The average Bonchev–Trinajstić information content (AvgIpc) is 2.42. The van der Waals surface area contributed by atoms with Gasteiger partial charge in [-0.1, -0.05) is 30.3 Å². The topological polar surface area (TPSA) is 39.2 Å². The van der Waals surface area contributed by atoms with Crippen LogP contribution >= 0.6 is 0 Å². The molecule has 0 atom stereocenters. The maximum Gasteiger partial charge on any atom is 0.340 e. The Morgan fingerprint density at radius 2 is 1.89 bits per heavy atom. The number of ether oxygens (including phenoxy) is 1. The van der Waals surface area contributed by atoms with Gasteiger partial charge < -0.3 is 4.74 Å². The molecule has 0 bridgehead atoms. The number of esters is 1. The lowest BCUT2D eigenvalue weighted by Crippen LogP contribution is -2.11. The van der Waals surface area contributed by atoms with E-state index in [9.17, 15) is 4.79 Å². The minimum absolute atomic E-state index is 0.310. The van der Waals surface area contributed by atoms with Crippen LogP contribution in [0, 0.1) is 13.8 Å². The minimum Gasteiger partial charge on any atom is -0.462 e. The number of carbonyl (C=O) groups excluding carboxylic acids is 1. The molecular formula is C16H17NO2. The lowest BCUT2D eigenvalue weighted by atomic mass is 9.95. The molecule has 2 aromatic rings. The van der Waals surface area contributed by atoms with E-state index in [1.165, 1.54) is 0 Å². The second-order valence-electron chi connectivity index (χ2n) is 4.36. The molecule has 0 saturated heterocycles. The maximum absolute atomic E-state index is 12.1. The predicted molar refractivity (Wildman–Crippen MR) is 75.1 cm³/mol. The van der Waals surface area contributed by atoms with E-state index in [1.807, 2.05) is 44.2 Å². The molecule has 0 aliphatic rings. The van der Waals surface area contributed by atoms with Crippen molar-refractivity contribution in [3.63, 3.8) is 0 Å². The summed E-state index contributed by atoms with van der Waals surface area (Å²) in [4.78, 5) is 16.4. The maximum atomic E-state index is 12.1.